The predicted molar refractivity (Wildman–Crippen MR) is 114 cm³/mol. The van der Waals surface area contributed by atoms with Crippen molar-refractivity contribution in [1.82, 2.24) is 9.47 Å². The fraction of sp³-hybridized carbons (Fsp3) is 0.522. The van der Waals surface area contributed by atoms with E-state index >= 15 is 0 Å². The van der Waals surface area contributed by atoms with E-state index in [2.05, 4.69) is 6.92 Å². The molecule has 2 aromatic heterocycles. The molecule has 0 fully saturated rings. The summed E-state index contributed by atoms with van der Waals surface area (Å²) in [5.74, 6) is -0.120. The SMILES string of the molecule is CCCCCC(=O)N(CC(=O)c1c(C)c(C(=O)OC)n(CC)c1C)Cc1ccco1. The molecule has 1 amide bonds. The number of ether oxygens (including phenoxy) is 1. The van der Waals surface area contributed by atoms with Crippen LogP contribution in [0.2, 0.25) is 0 Å². The summed E-state index contributed by atoms with van der Waals surface area (Å²) in [4.78, 5) is 39.9. The lowest BCUT2D eigenvalue weighted by Gasteiger charge is -2.21. The molecule has 7 nitrogen and oxygen atoms in total. The summed E-state index contributed by atoms with van der Waals surface area (Å²) in [6, 6.07) is 3.55. The van der Waals surface area contributed by atoms with Gasteiger partial charge in [-0.05, 0) is 44.9 Å². The molecule has 30 heavy (non-hydrogen) atoms. The van der Waals surface area contributed by atoms with Crippen molar-refractivity contribution in [1.29, 1.82) is 0 Å². The lowest BCUT2D eigenvalue weighted by molar-refractivity contribution is -0.131. The summed E-state index contributed by atoms with van der Waals surface area (Å²) >= 11 is 0. The Morgan fingerprint density at radius 1 is 1.17 bits per heavy atom. The van der Waals surface area contributed by atoms with Crippen LogP contribution in [0.1, 0.15) is 77.4 Å². The number of unbranched alkanes of at least 4 members (excludes halogenated alkanes) is 2. The van der Waals surface area contributed by atoms with Crippen LogP contribution in [0.3, 0.4) is 0 Å². The van der Waals surface area contributed by atoms with Gasteiger partial charge in [0, 0.05) is 24.2 Å². The second-order valence-electron chi connectivity index (χ2n) is 7.38. The Labute approximate surface area is 178 Å². The van der Waals surface area contributed by atoms with Crippen molar-refractivity contribution in [3.63, 3.8) is 0 Å². The van der Waals surface area contributed by atoms with Crippen LogP contribution < -0.4 is 0 Å². The van der Waals surface area contributed by atoms with Gasteiger partial charge >= 0.3 is 5.97 Å². The number of hydrogen-bond donors (Lipinski definition) is 0. The maximum absolute atomic E-state index is 13.3. The number of carbonyl (C=O) groups excluding carboxylic acids is 3. The van der Waals surface area contributed by atoms with Crippen molar-refractivity contribution < 1.29 is 23.5 Å². The second kappa shape index (κ2) is 10.8. The van der Waals surface area contributed by atoms with Crippen molar-refractivity contribution in [3.05, 3.63) is 46.7 Å². The van der Waals surface area contributed by atoms with Crippen LogP contribution in [-0.2, 0) is 22.6 Å². The molecule has 0 aliphatic carbocycles. The maximum Gasteiger partial charge on any atom is 0.354 e. The summed E-state index contributed by atoms with van der Waals surface area (Å²) in [7, 11) is 1.33. The van der Waals surface area contributed by atoms with Crippen LogP contribution in [0.15, 0.2) is 22.8 Å². The number of ketones is 1. The molecule has 0 aliphatic heterocycles. The molecule has 0 atom stereocenters. The number of hydrogen-bond acceptors (Lipinski definition) is 5. The predicted octanol–water partition coefficient (Wildman–Crippen LogP) is 4.30. The first-order chi connectivity index (χ1) is 14.3. The first kappa shape index (κ1) is 23.4. The minimum Gasteiger partial charge on any atom is -0.467 e. The number of nitrogens with zero attached hydrogens (tertiary/aromatic N) is 2. The van der Waals surface area contributed by atoms with Crippen molar-refractivity contribution in [2.24, 2.45) is 0 Å². The average Bonchev–Trinajstić information content (AvgIpc) is 3.32. The first-order valence-corrected chi connectivity index (χ1v) is 10.5. The Hall–Kier alpha value is -2.83. The van der Waals surface area contributed by atoms with Gasteiger partial charge in [0.25, 0.3) is 0 Å². The molecule has 0 bridgehead atoms. The Bertz CT molecular complexity index is 880. The third kappa shape index (κ3) is 5.20. The third-order valence-electron chi connectivity index (χ3n) is 5.35. The monoisotopic (exact) mass is 416 g/mol. The number of methoxy groups -OCH3 is 1. The van der Waals surface area contributed by atoms with E-state index in [9.17, 15) is 14.4 Å². The van der Waals surface area contributed by atoms with Gasteiger partial charge in [0.2, 0.25) is 5.91 Å². The molecule has 0 radical (unpaired) electrons. The molecule has 0 saturated heterocycles. The molecule has 0 aromatic carbocycles. The molecule has 2 rings (SSSR count). The average molecular weight is 417 g/mol. The van der Waals surface area contributed by atoms with Gasteiger partial charge in [-0.2, -0.15) is 0 Å². The zero-order valence-corrected chi connectivity index (χ0v) is 18.6. The lowest BCUT2D eigenvalue weighted by Crippen LogP contribution is -2.35. The van der Waals surface area contributed by atoms with E-state index in [1.807, 2.05) is 13.8 Å². The van der Waals surface area contributed by atoms with Gasteiger partial charge in [-0.25, -0.2) is 4.79 Å². The molecule has 7 heteroatoms. The van der Waals surface area contributed by atoms with Gasteiger partial charge in [0.05, 0.1) is 26.5 Å². The molecule has 2 heterocycles. The van der Waals surface area contributed by atoms with Gasteiger partial charge in [-0.1, -0.05) is 19.8 Å². The topological polar surface area (TPSA) is 81.8 Å². The van der Waals surface area contributed by atoms with Gasteiger partial charge in [0.15, 0.2) is 5.78 Å². The number of esters is 1. The number of carbonyl (C=O) groups is 3. The highest BCUT2D eigenvalue weighted by atomic mass is 16.5. The molecular weight excluding hydrogens is 384 g/mol. The summed E-state index contributed by atoms with van der Waals surface area (Å²) in [6.07, 6.45) is 4.71. The van der Waals surface area contributed by atoms with Gasteiger partial charge < -0.3 is 18.6 Å². The van der Waals surface area contributed by atoms with E-state index in [0.717, 1.165) is 19.3 Å². The van der Waals surface area contributed by atoms with Gasteiger partial charge in [-0.3, -0.25) is 9.59 Å². The van der Waals surface area contributed by atoms with Crippen LogP contribution in [0.4, 0.5) is 0 Å². The Balaban J connectivity index is 2.31. The summed E-state index contributed by atoms with van der Waals surface area (Å²) in [5, 5.41) is 0. The molecule has 0 aliphatic rings. The minimum absolute atomic E-state index is 0.0678. The summed E-state index contributed by atoms with van der Waals surface area (Å²) < 4.78 is 12.1. The van der Waals surface area contributed by atoms with Crippen LogP contribution in [0.25, 0.3) is 0 Å². The van der Waals surface area contributed by atoms with E-state index in [-0.39, 0.29) is 24.8 Å². The molecule has 2 aromatic rings. The fourth-order valence-electron chi connectivity index (χ4n) is 3.82. The smallest absolute Gasteiger partial charge is 0.354 e. The molecule has 164 valence electrons. The van der Waals surface area contributed by atoms with Crippen molar-refractivity contribution >= 4 is 17.7 Å². The molecule has 0 N–H and O–H groups in total. The number of Topliss-reactive ketones (excluding diaryl/α,β-unsaturated/α-hetero) is 1. The lowest BCUT2D eigenvalue weighted by atomic mass is 10.0. The van der Waals surface area contributed by atoms with Crippen molar-refractivity contribution in [2.45, 2.75) is 66.5 Å². The number of amides is 1. The molecular formula is C23H32N2O5. The quantitative estimate of drug-likeness (QED) is 0.310. The standard InChI is InChI=1S/C23H32N2O5/c1-6-8-9-12-20(27)24(14-18-11-10-13-30-18)15-19(26)21-16(3)22(23(28)29-5)25(7-2)17(21)4/h10-11,13H,6-9,12,14-15H2,1-5H3. The Kier molecular flexibility index (Phi) is 8.45. The van der Waals surface area contributed by atoms with Crippen molar-refractivity contribution in [3.8, 4) is 0 Å². The number of furan rings is 1. The third-order valence-corrected chi connectivity index (χ3v) is 5.35. The normalized spacial score (nSPS) is 10.8. The number of aromatic nitrogens is 1. The molecule has 0 unspecified atom stereocenters. The maximum atomic E-state index is 13.3. The van der Waals surface area contributed by atoms with Crippen LogP contribution in [-0.4, -0.2) is 40.8 Å². The zero-order valence-electron chi connectivity index (χ0n) is 18.6. The van der Waals surface area contributed by atoms with Crippen LogP contribution in [0, 0.1) is 13.8 Å². The van der Waals surface area contributed by atoms with E-state index in [4.69, 9.17) is 9.15 Å². The fourth-order valence-corrected chi connectivity index (χ4v) is 3.82. The minimum atomic E-state index is -0.473. The van der Waals surface area contributed by atoms with Crippen LogP contribution >= 0.6 is 0 Å². The Morgan fingerprint density at radius 2 is 1.90 bits per heavy atom. The second-order valence-corrected chi connectivity index (χ2v) is 7.38. The highest BCUT2D eigenvalue weighted by Crippen LogP contribution is 2.24. The Morgan fingerprint density at radius 3 is 2.47 bits per heavy atom. The van der Waals surface area contributed by atoms with Crippen molar-refractivity contribution in [2.75, 3.05) is 13.7 Å². The van der Waals surface area contributed by atoms with Gasteiger partial charge in [0.1, 0.15) is 11.5 Å². The largest absolute Gasteiger partial charge is 0.467 e. The van der Waals surface area contributed by atoms with E-state index < -0.39 is 5.97 Å². The summed E-state index contributed by atoms with van der Waals surface area (Å²) in [5.41, 5.74) is 2.15. The van der Waals surface area contributed by atoms with E-state index in [1.54, 1.807) is 29.9 Å². The molecule has 0 spiro atoms. The molecule has 0 saturated carbocycles. The van der Waals surface area contributed by atoms with Gasteiger partial charge in [-0.15, -0.1) is 0 Å². The highest BCUT2D eigenvalue weighted by molar-refractivity contribution is 6.04. The van der Waals surface area contributed by atoms with Crippen LogP contribution in [0.5, 0.6) is 0 Å². The van der Waals surface area contributed by atoms with E-state index in [0.29, 0.717) is 41.2 Å². The first-order valence-electron chi connectivity index (χ1n) is 10.5. The van der Waals surface area contributed by atoms with E-state index in [1.165, 1.54) is 12.0 Å². The zero-order chi connectivity index (χ0) is 22.3. The summed E-state index contributed by atoms with van der Waals surface area (Å²) in [6.45, 7) is 8.26. The highest BCUT2D eigenvalue weighted by Gasteiger charge is 2.28. The number of rotatable bonds is 11.